The number of ether oxygens (including phenoxy) is 7. The van der Waals surface area contributed by atoms with Crippen LogP contribution in [0.25, 0.3) is 11.1 Å². The Morgan fingerprint density at radius 3 is 1.27 bits per heavy atom. The first-order valence-electron chi connectivity index (χ1n) is 21.2. The van der Waals surface area contributed by atoms with Gasteiger partial charge in [0.05, 0.1) is 53.9 Å². The van der Waals surface area contributed by atoms with Gasteiger partial charge in [-0.15, -0.1) is 0 Å². The van der Waals surface area contributed by atoms with E-state index in [0.717, 1.165) is 27.8 Å². The largest absolute Gasteiger partial charge is 0.464 e. The molecule has 0 saturated heterocycles. The lowest BCUT2D eigenvalue weighted by atomic mass is 9.90. The molecule has 0 unspecified atom stereocenters. The molecule has 1 heterocycles. The molecule has 1 N–H and O–H groups in total. The van der Waals surface area contributed by atoms with Crippen molar-refractivity contribution in [1.82, 2.24) is 4.98 Å². The van der Waals surface area contributed by atoms with Crippen molar-refractivity contribution in [3.05, 3.63) is 227 Å². The molecule has 0 amide bonds. The predicted octanol–water partition coefficient (Wildman–Crippen LogP) is 10.5. The average Bonchev–Trinajstić information content (AvgIpc) is 3.76. The lowest BCUT2D eigenvalue weighted by Gasteiger charge is -2.38. The van der Waals surface area contributed by atoms with E-state index in [4.69, 9.17) is 33.2 Å². The van der Waals surface area contributed by atoms with Crippen LogP contribution < -0.4 is 0 Å². The summed E-state index contributed by atoms with van der Waals surface area (Å²) in [4.78, 5) is 31.0. The van der Waals surface area contributed by atoms with Gasteiger partial charge in [0.25, 0.3) is 0 Å². The lowest BCUT2D eigenvalue weighted by Crippen LogP contribution is -2.48. The van der Waals surface area contributed by atoms with Crippen LogP contribution in [-0.4, -0.2) is 56.1 Å². The second kappa shape index (κ2) is 23.7. The van der Waals surface area contributed by atoms with Crippen LogP contribution in [0, 0.1) is 0 Å². The van der Waals surface area contributed by atoms with Gasteiger partial charge in [-0.3, -0.25) is 0 Å². The number of rotatable bonds is 23. The van der Waals surface area contributed by atoms with Crippen molar-refractivity contribution in [1.29, 1.82) is 0 Å². The Morgan fingerprint density at radius 2 is 0.812 bits per heavy atom. The highest BCUT2D eigenvalue weighted by atomic mass is 16.6. The van der Waals surface area contributed by atoms with Crippen LogP contribution in [0.5, 0.6) is 0 Å². The molecule has 1 aromatic heterocycles. The zero-order valence-corrected chi connectivity index (χ0v) is 36.0. The third-order valence-corrected chi connectivity index (χ3v) is 10.7. The van der Waals surface area contributed by atoms with E-state index < -0.39 is 36.4 Å². The minimum Gasteiger partial charge on any atom is -0.464 e. The Morgan fingerprint density at radius 1 is 0.438 bits per heavy atom. The van der Waals surface area contributed by atoms with Crippen molar-refractivity contribution >= 4 is 11.9 Å². The maximum absolute atomic E-state index is 14.1. The molecule has 0 radical (unpaired) electrons. The van der Waals surface area contributed by atoms with Crippen molar-refractivity contribution in [2.75, 3.05) is 20.8 Å². The topological polar surface area (TPSA) is 115 Å². The first-order valence-corrected chi connectivity index (χ1v) is 21.2. The summed E-state index contributed by atoms with van der Waals surface area (Å²) < 4.78 is 45.6. The van der Waals surface area contributed by atoms with E-state index >= 15 is 0 Å². The summed E-state index contributed by atoms with van der Waals surface area (Å²) >= 11 is 0. The Balaban J connectivity index is 1.44. The van der Waals surface area contributed by atoms with Gasteiger partial charge in [0.15, 0.2) is 0 Å². The first-order chi connectivity index (χ1) is 31.5. The number of methoxy groups -OCH3 is 2. The fourth-order valence-electron chi connectivity index (χ4n) is 7.51. The maximum atomic E-state index is 14.1. The SMILES string of the molecule is COC(=O)c1[nH]c(C(=O)OC)c([C@H](OCc2ccccc2)[C@H](OCc2ccccc2)[C@H](OCc2ccccc2)[C@@H](COCc2ccccc2)OCc2ccccc2)c1-c1ccccc1. The molecule has 64 heavy (non-hydrogen) atoms. The zero-order valence-electron chi connectivity index (χ0n) is 36.0. The van der Waals surface area contributed by atoms with Gasteiger partial charge in [0.2, 0.25) is 0 Å². The summed E-state index contributed by atoms with van der Waals surface area (Å²) in [7, 11) is 2.58. The van der Waals surface area contributed by atoms with Crippen LogP contribution in [0.3, 0.4) is 0 Å². The summed E-state index contributed by atoms with van der Waals surface area (Å²) in [6, 6.07) is 58.5. The van der Waals surface area contributed by atoms with Crippen molar-refractivity contribution in [2.45, 2.75) is 57.5 Å². The van der Waals surface area contributed by atoms with Crippen LogP contribution in [0.4, 0.5) is 0 Å². The summed E-state index contributed by atoms with van der Waals surface area (Å²) in [5.74, 6) is -1.41. The molecule has 0 saturated carbocycles. The summed E-state index contributed by atoms with van der Waals surface area (Å²) in [6.07, 6.45) is -3.88. The third-order valence-electron chi connectivity index (χ3n) is 10.7. The highest BCUT2D eigenvalue weighted by molar-refractivity contribution is 6.02. The molecule has 0 aliphatic heterocycles. The van der Waals surface area contributed by atoms with Gasteiger partial charge in [-0.2, -0.15) is 0 Å². The number of carbonyl (C=O) groups is 2. The van der Waals surface area contributed by atoms with Crippen molar-refractivity contribution in [3.8, 4) is 11.1 Å². The Labute approximate surface area is 374 Å². The fraction of sp³-hybridized carbons (Fsp3) is 0.222. The molecule has 0 aliphatic carbocycles. The van der Waals surface area contributed by atoms with Gasteiger partial charge in [-0.25, -0.2) is 9.59 Å². The molecule has 0 spiro atoms. The molecule has 6 aromatic carbocycles. The molecule has 7 aromatic rings. The van der Waals surface area contributed by atoms with Gasteiger partial charge in [0, 0.05) is 11.1 Å². The number of aromatic amines is 1. The molecular formula is C54H53NO9. The normalized spacial score (nSPS) is 13.1. The molecule has 0 fully saturated rings. The standard InChI is InChI=1S/C54H53NO9/c1-58-53(56)48-46(44-31-19-8-20-32-44)47(49(55-48)54(57)59-2)51(63-36-42-27-15-6-16-28-42)52(64-37-43-29-17-7-18-30-43)50(62-35-41-25-13-5-14-26-41)45(61-34-40-23-11-4-12-24-40)38-60-33-39-21-9-3-10-22-39/h3-32,45,50-52,55H,33-38H2,1-2H3/t45-,50-,51+,52-/m1/s1. The second-order valence-electron chi connectivity index (χ2n) is 15.1. The van der Waals surface area contributed by atoms with E-state index in [1.54, 1.807) is 0 Å². The number of aromatic nitrogens is 1. The van der Waals surface area contributed by atoms with Crippen LogP contribution >= 0.6 is 0 Å². The highest BCUT2D eigenvalue weighted by Gasteiger charge is 2.44. The Bertz CT molecular complexity index is 2450. The number of hydrogen-bond acceptors (Lipinski definition) is 9. The Hall–Kier alpha value is -6.66. The average molecular weight is 860 g/mol. The van der Waals surface area contributed by atoms with Crippen LogP contribution in [0.15, 0.2) is 182 Å². The van der Waals surface area contributed by atoms with E-state index in [1.807, 2.05) is 182 Å². The molecular weight excluding hydrogens is 807 g/mol. The van der Waals surface area contributed by atoms with E-state index in [9.17, 15) is 9.59 Å². The quantitative estimate of drug-likeness (QED) is 0.0628. The van der Waals surface area contributed by atoms with Crippen LogP contribution in [0.1, 0.15) is 60.5 Å². The monoisotopic (exact) mass is 859 g/mol. The minimum absolute atomic E-state index is 0.00276. The molecule has 4 atom stereocenters. The summed E-state index contributed by atoms with van der Waals surface area (Å²) in [5, 5.41) is 0. The molecule has 0 aliphatic rings. The van der Waals surface area contributed by atoms with Crippen LogP contribution in [0.2, 0.25) is 0 Å². The smallest absolute Gasteiger partial charge is 0.355 e. The fourth-order valence-corrected chi connectivity index (χ4v) is 7.51. The van der Waals surface area contributed by atoms with E-state index in [1.165, 1.54) is 14.2 Å². The molecule has 10 heteroatoms. The third kappa shape index (κ3) is 12.3. The number of benzene rings is 6. The maximum Gasteiger partial charge on any atom is 0.355 e. The molecule has 7 rings (SSSR count). The first kappa shape index (κ1) is 45.4. The number of nitrogens with one attached hydrogen (secondary N) is 1. The highest BCUT2D eigenvalue weighted by Crippen LogP contribution is 2.42. The summed E-state index contributed by atoms with van der Waals surface area (Å²) in [6.45, 7) is 1.02. The predicted molar refractivity (Wildman–Crippen MR) is 244 cm³/mol. The lowest BCUT2D eigenvalue weighted by molar-refractivity contribution is -0.201. The molecule has 0 bridgehead atoms. The molecule has 10 nitrogen and oxygen atoms in total. The van der Waals surface area contributed by atoms with Gasteiger partial charge >= 0.3 is 11.9 Å². The van der Waals surface area contributed by atoms with E-state index in [2.05, 4.69) is 4.98 Å². The van der Waals surface area contributed by atoms with Gasteiger partial charge in [-0.05, 0) is 33.4 Å². The van der Waals surface area contributed by atoms with Gasteiger partial charge in [-0.1, -0.05) is 182 Å². The number of carbonyl (C=O) groups excluding carboxylic acids is 2. The van der Waals surface area contributed by atoms with Gasteiger partial charge in [0.1, 0.15) is 35.8 Å². The van der Waals surface area contributed by atoms with Crippen molar-refractivity contribution < 1.29 is 42.7 Å². The van der Waals surface area contributed by atoms with Gasteiger partial charge < -0.3 is 38.1 Å². The minimum atomic E-state index is -1.12. The second-order valence-corrected chi connectivity index (χ2v) is 15.1. The Kier molecular flexibility index (Phi) is 16.8. The number of hydrogen-bond donors (Lipinski definition) is 1. The van der Waals surface area contributed by atoms with E-state index in [-0.39, 0.29) is 44.4 Å². The zero-order chi connectivity index (χ0) is 44.4. The summed E-state index contributed by atoms with van der Waals surface area (Å²) in [5.41, 5.74) is 6.00. The number of esters is 2. The van der Waals surface area contributed by atoms with E-state index in [0.29, 0.717) is 23.3 Å². The van der Waals surface area contributed by atoms with Crippen molar-refractivity contribution in [2.24, 2.45) is 0 Å². The van der Waals surface area contributed by atoms with Crippen molar-refractivity contribution in [3.63, 3.8) is 0 Å². The number of H-pyrrole nitrogens is 1. The molecule has 328 valence electrons. The van der Waals surface area contributed by atoms with Crippen LogP contribution in [-0.2, 0) is 66.2 Å².